The molecule has 6 heteroatoms. The maximum Gasteiger partial charge on any atom is 0.311 e. The number of hydrogen-bond acceptors (Lipinski definition) is 5. The van der Waals surface area contributed by atoms with Gasteiger partial charge in [0, 0.05) is 11.8 Å². The number of hydrogen-bond donors (Lipinski definition) is 1. The van der Waals surface area contributed by atoms with Gasteiger partial charge >= 0.3 is 5.97 Å². The zero-order chi connectivity index (χ0) is 13.0. The molecule has 0 radical (unpaired) electrons. The number of carbonyl (C=O) groups is 2. The van der Waals surface area contributed by atoms with Gasteiger partial charge in [-0.1, -0.05) is 6.42 Å². The number of nitrogens with one attached hydrogen (secondary N) is 1. The molecule has 1 aromatic rings. The van der Waals surface area contributed by atoms with Gasteiger partial charge in [0.15, 0.2) is 5.13 Å². The van der Waals surface area contributed by atoms with Crippen LogP contribution >= 0.6 is 11.3 Å². The fraction of sp³-hybridized carbons (Fsp3) is 0.583. The molecule has 0 unspecified atom stereocenters. The van der Waals surface area contributed by atoms with E-state index < -0.39 is 0 Å². The number of esters is 1. The van der Waals surface area contributed by atoms with E-state index in [9.17, 15) is 9.59 Å². The van der Waals surface area contributed by atoms with Gasteiger partial charge in [-0.05, 0) is 18.8 Å². The van der Waals surface area contributed by atoms with Crippen LogP contribution in [0.3, 0.4) is 0 Å². The summed E-state index contributed by atoms with van der Waals surface area (Å²) in [4.78, 5) is 26.9. The Balaban J connectivity index is 1.81. The maximum atomic E-state index is 11.7. The first-order valence-electron chi connectivity index (χ1n) is 5.98. The van der Waals surface area contributed by atoms with E-state index >= 15 is 0 Å². The molecule has 1 fully saturated rings. The highest BCUT2D eigenvalue weighted by Crippen LogP contribution is 2.29. The molecule has 1 N–H and O–H groups in total. The number of carbonyl (C=O) groups excluding carboxylic acids is 2. The van der Waals surface area contributed by atoms with Crippen molar-refractivity contribution in [1.82, 2.24) is 4.98 Å². The number of methoxy groups -OCH3 is 1. The summed E-state index contributed by atoms with van der Waals surface area (Å²) >= 11 is 1.33. The minimum atomic E-state index is -0.326. The Morgan fingerprint density at radius 2 is 2.33 bits per heavy atom. The molecule has 0 atom stereocenters. The van der Waals surface area contributed by atoms with Crippen molar-refractivity contribution in [3.05, 3.63) is 11.1 Å². The number of thiazole rings is 1. The fourth-order valence-electron chi connectivity index (χ4n) is 1.80. The van der Waals surface area contributed by atoms with E-state index in [1.807, 2.05) is 0 Å². The van der Waals surface area contributed by atoms with Crippen LogP contribution in [0.25, 0.3) is 0 Å². The van der Waals surface area contributed by atoms with E-state index in [0.717, 1.165) is 12.8 Å². The van der Waals surface area contributed by atoms with E-state index in [0.29, 0.717) is 23.2 Å². The van der Waals surface area contributed by atoms with Gasteiger partial charge in [0.2, 0.25) is 5.91 Å². The smallest absolute Gasteiger partial charge is 0.311 e. The average molecular weight is 268 g/mol. The molecule has 1 heterocycles. The summed E-state index contributed by atoms with van der Waals surface area (Å²) in [7, 11) is 1.34. The van der Waals surface area contributed by atoms with Crippen LogP contribution in [0.15, 0.2) is 5.38 Å². The largest absolute Gasteiger partial charge is 0.469 e. The summed E-state index contributed by atoms with van der Waals surface area (Å²) in [5, 5.41) is 5.08. The summed E-state index contributed by atoms with van der Waals surface area (Å²) < 4.78 is 4.56. The van der Waals surface area contributed by atoms with Crippen LogP contribution in [0.4, 0.5) is 5.13 Å². The number of nitrogens with zero attached hydrogens (tertiary/aromatic N) is 1. The number of rotatable bonds is 5. The van der Waals surface area contributed by atoms with E-state index in [1.165, 1.54) is 24.9 Å². The lowest BCUT2D eigenvalue weighted by atomic mass is 9.83. The molecular weight excluding hydrogens is 252 g/mol. The molecule has 5 nitrogen and oxygen atoms in total. The van der Waals surface area contributed by atoms with Crippen LogP contribution in [0.5, 0.6) is 0 Å². The topological polar surface area (TPSA) is 68.3 Å². The van der Waals surface area contributed by atoms with Crippen LogP contribution in [-0.2, 0) is 20.7 Å². The van der Waals surface area contributed by atoms with Gasteiger partial charge in [-0.3, -0.25) is 9.59 Å². The second kappa shape index (κ2) is 5.95. The highest BCUT2D eigenvalue weighted by molar-refractivity contribution is 7.13. The van der Waals surface area contributed by atoms with Crippen molar-refractivity contribution in [3.8, 4) is 0 Å². The quantitative estimate of drug-likeness (QED) is 0.829. The zero-order valence-electron chi connectivity index (χ0n) is 10.3. The van der Waals surface area contributed by atoms with Gasteiger partial charge in [0.1, 0.15) is 0 Å². The molecule has 1 aliphatic rings. The van der Waals surface area contributed by atoms with E-state index in [2.05, 4.69) is 15.0 Å². The lowest BCUT2D eigenvalue weighted by molar-refractivity contribution is -0.139. The van der Waals surface area contributed by atoms with Crippen molar-refractivity contribution in [2.24, 2.45) is 5.92 Å². The molecule has 1 aromatic heterocycles. The van der Waals surface area contributed by atoms with Crippen LogP contribution in [0.2, 0.25) is 0 Å². The standard InChI is InChI=1S/C12H16N2O3S/c1-17-11(16)6-9-7-18-12(13-9)14-10(15)5-8-3-2-4-8/h7-8H,2-6H2,1H3,(H,13,14,15). The Hall–Kier alpha value is -1.43. The maximum absolute atomic E-state index is 11.7. The van der Waals surface area contributed by atoms with Gasteiger partial charge in [-0.2, -0.15) is 0 Å². The normalized spacial score (nSPS) is 14.9. The van der Waals surface area contributed by atoms with Crippen molar-refractivity contribution < 1.29 is 14.3 Å². The van der Waals surface area contributed by atoms with Crippen molar-refractivity contribution in [1.29, 1.82) is 0 Å². The van der Waals surface area contributed by atoms with E-state index in [4.69, 9.17) is 0 Å². The highest BCUT2D eigenvalue weighted by atomic mass is 32.1. The van der Waals surface area contributed by atoms with Crippen LogP contribution in [0.1, 0.15) is 31.4 Å². The summed E-state index contributed by atoms with van der Waals surface area (Å²) in [6, 6.07) is 0. The number of amides is 1. The molecule has 2 rings (SSSR count). The lowest BCUT2D eigenvalue weighted by Gasteiger charge is -2.24. The van der Waals surface area contributed by atoms with Crippen LogP contribution in [0, 0.1) is 5.92 Å². The van der Waals surface area contributed by atoms with Gasteiger partial charge in [-0.15, -0.1) is 11.3 Å². The predicted molar refractivity (Wildman–Crippen MR) is 68.4 cm³/mol. The van der Waals surface area contributed by atoms with Gasteiger partial charge < -0.3 is 10.1 Å². The lowest BCUT2D eigenvalue weighted by Crippen LogP contribution is -2.20. The summed E-state index contributed by atoms with van der Waals surface area (Å²) in [6.07, 6.45) is 4.26. The van der Waals surface area contributed by atoms with Crippen LogP contribution in [-0.4, -0.2) is 24.0 Å². The Kier molecular flexibility index (Phi) is 4.30. The average Bonchev–Trinajstić information content (AvgIpc) is 2.71. The first kappa shape index (κ1) is 13.0. The highest BCUT2D eigenvalue weighted by Gasteiger charge is 2.21. The van der Waals surface area contributed by atoms with Crippen LogP contribution < -0.4 is 5.32 Å². The predicted octanol–water partition coefficient (Wildman–Crippen LogP) is 1.99. The third-order valence-corrected chi connectivity index (χ3v) is 3.86. The molecular formula is C12H16N2O3S. The monoisotopic (exact) mass is 268 g/mol. The third-order valence-electron chi connectivity index (χ3n) is 3.05. The van der Waals surface area contributed by atoms with Gasteiger partial charge in [-0.25, -0.2) is 4.98 Å². The first-order chi connectivity index (χ1) is 8.67. The Labute approximate surface area is 110 Å². The Morgan fingerprint density at radius 3 is 2.94 bits per heavy atom. The minimum absolute atomic E-state index is 0.0127. The molecule has 1 saturated carbocycles. The molecule has 0 saturated heterocycles. The number of aromatic nitrogens is 1. The zero-order valence-corrected chi connectivity index (χ0v) is 11.1. The van der Waals surface area contributed by atoms with Crippen molar-refractivity contribution in [2.45, 2.75) is 32.1 Å². The second-order valence-corrected chi connectivity index (χ2v) is 5.30. The molecule has 98 valence electrons. The summed E-state index contributed by atoms with van der Waals surface area (Å²) in [5.74, 6) is 0.228. The SMILES string of the molecule is COC(=O)Cc1csc(NC(=O)CC2CCC2)n1. The fourth-order valence-corrected chi connectivity index (χ4v) is 2.52. The molecule has 0 bridgehead atoms. The van der Waals surface area contributed by atoms with E-state index in [1.54, 1.807) is 5.38 Å². The molecule has 0 spiro atoms. The van der Waals surface area contributed by atoms with Gasteiger partial charge in [0.25, 0.3) is 0 Å². The minimum Gasteiger partial charge on any atom is -0.469 e. The van der Waals surface area contributed by atoms with E-state index in [-0.39, 0.29) is 18.3 Å². The summed E-state index contributed by atoms with van der Waals surface area (Å²) in [6.45, 7) is 0. The molecule has 0 aromatic carbocycles. The number of ether oxygens (including phenoxy) is 1. The van der Waals surface area contributed by atoms with Crippen molar-refractivity contribution >= 4 is 28.3 Å². The summed E-state index contributed by atoms with van der Waals surface area (Å²) in [5.41, 5.74) is 0.630. The molecule has 1 amide bonds. The van der Waals surface area contributed by atoms with Crippen molar-refractivity contribution in [3.63, 3.8) is 0 Å². The number of anilines is 1. The second-order valence-electron chi connectivity index (χ2n) is 4.45. The first-order valence-corrected chi connectivity index (χ1v) is 6.86. The van der Waals surface area contributed by atoms with Crippen molar-refractivity contribution in [2.75, 3.05) is 12.4 Å². The molecule has 0 aliphatic heterocycles. The molecule has 1 aliphatic carbocycles. The van der Waals surface area contributed by atoms with Gasteiger partial charge in [0.05, 0.1) is 19.2 Å². The molecule has 18 heavy (non-hydrogen) atoms. The Morgan fingerprint density at radius 1 is 1.56 bits per heavy atom. The Bertz CT molecular complexity index is 440. The third kappa shape index (κ3) is 3.53.